The van der Waals surface area contributed by atoms with Gasteiger partial charge in [-0.15, -0.1) is 0 Å². The van der Waals surface area contributed by atoms with Gasteiger partial charge in [0.2, 0.25) is 5.91 Å². The van der Waals surface area contributed by atoms with Gasteiger partial charge in [0.25, 0.3) is 5.92 Å². The molecule has 2 N–H and O–H groups in total. The van der Waals surface area contributed by atoms with Gasteiger partial charge >= 0.3 is 0 Å². The van der Waals surface area contributed by atoms with Crippen LogP contribution in [0.4, 0.5) is 14.5 Å². The summed E-state index contributed by atoms with van der Waals surface area (Å²) in [6.45, 7) is 12.5. The first-order chi connectivity index (χ1) is 14.2. The van der Waals surface area contributed by atoms with Crippen molar-refractivity contribution in [1.82, 2.24) is 10.2 Å². The molecule has 0 aromatic heterocycles. The van der Waals surface area contributed by atoms with Crippen molar-refractivity contribution < 1.29 is 13.6 Å². The number of amidine groups is 1. The minimum Gasteiger partial charge on any atom is -0.355 e. The molecule has 1 aliphatic rings. The summed E-state index contributed by atoms with van der Waals surface area (Å²) in [4.78, 5) is 18.1. The van der Waals surface area contributed by atoms with Crippen molar-refractivity contribution in [2.45, 2.75) is 32.6 Å². The molecule has 1 saturated heterocycles. The van der Waals surface area contributed by atoms with E-state index in [1.807, 2.05) is 13.0 Å². The van der Waals surface area contributed by atoms with Gasteiger partial charge in [-0.1, -0.05) is 31.4 Å². The van der Waals surface area contributed by atoms with E-state index < -0.39 is 5.92 Å². The van der Waals surface area contributed by atoms with Gasteiger partial charge in [0.1, 0.15) is 0 Å². The van der Waals surface area contributed by atoms with Crippen molar-refractivity contribution in [2.75, 3.05) is 25.0 Å². The van der Waals surface area contributed by atoms with Gasteiger partial charge in [0, 0.05) is 44.0 Å². The molecule has 0 aliphatic carbocycles. The van der Waals surface area contributed by atoms with Gasteiger partial charge in [0.15, 0.2) is 5.84 Å². The fraction of sp³-hybridized carbons (Fsp3) is 0.391. The summed E-state index contributed by atoms with van der Waals surface area (Å²) in [6.07, 6.45) is 6.78. The van der Waals surface area contributed by atoms with Crippen molar-refractivity contribution in [3.63, 3.8) is 0 Å². The number of anilines is 1. The zero-order valence-corrected chi connectivity index (χ0v) is 17.6. The van der Waals surface area contributed by atoms with E-state index >= 15 is 0 Å². The second kappa shape index (κ2) is 10.7. The number of carbonyl (C=O) groups is 1. The van der Waals surface area contributed by atoms with E-state index in [0.717, 1.165) is 32.9 Å². The van der Waals surface area contributed by atoms with Crippen molar-refractivity contribution in [2.24, 2.45) is 10.9 Å². The van der Waals surface area contributed by atoms with E-state index in [1.54, 1.807) is 18.3 Å². The number of hydrogen-bond acceptors (Lipinski definition) is 3. The summed E-state index contributed by atoms with van der Waals surface area (Å²) in [7, 11) is 0. The average Bonchev–Trinajstić information content (AvgIpc) is 2.72. The van der Waals surface area contributed by atoms with Crippen LogP contribution in [-0.2, 0) is 10.7 Å². The van der Waals surface area contributed by atoms with Crippen LogP contribution in [0.25, 0.3) is 0 Å². The SMILES string of the molecule is C=CC(=O)NCC1CCCN(C(=N/C=C\C)C(=C)Nc2ccc(C(C)(F)F)cc2)C1. The number of hydrogen-bond donors (Lipinski definition) is 2. The van der Waals surface area contributed by atoms with E-state index in [-0.39, 0.29) is 17.4 Å². The number of halogens is 2. The summed E-state index contributed by atoms with van der Waals surface area (Å²) in [6, 6.07) is 6.01. The lowest BCUT2D eigenvalue weighted by molar-refractivity contribution is -0.116. The molecular weight excluding hydrogens is 386 g/mol. The first-order valence-electron chi connectivity index (χ1n) is 10.0. The number of nitrogens with one attached hydrogen (secondary N) is 2. The fourth-order valence-electron chi connectivity index (χ4n) is 3.31. The van der Waals surface area contributed by atoms with Crippen LogP contribution in [0.1, 0.15) is 32.3 Å². The minimum absolute atomic E-state index is 0.0399. The Labute approximate surface area is 177 Å². The molecule has 1 fully saturated rings. The first-order valence-corrected chi connectivity index (χ1v) is 10.0. The molecule has 5 nitrogen and oxygen atoms in total. The minimum atomic E-state index is -2.88. The number of nitrogens with zero attached hydrogens (tertiary/aromatic N) is 2. The molecule has 30 heavy (non-hydrogen) atoms. The number of carbonyl (C=O) groups excluding carboxylic acids is 1. The van der Waals surface area contributed by atoms with Gasteiger partial charge in [-0.05, 0) is 43.9 Å². The van der Waals surface area contributed by atoms with Gasteiger partial charge in [0.05, 0.1) is 5.70 Å². The monoisotopic (exact) mass is 416 g/mol. The molecule has 162 valence electrons. The van der Waals surface area contributed by atoms with E-state index in [2.05, 4.69) is 33.7 Å². The predicted molar refractivity (Wildman–Crippen MR) is 119 cm³/mol. The largest absolute Gasteiger partial charge is 0.355 e. The summed E-state index contributed by atoms with van der Waals surface area (Å²) in [5.41, 5.74) is 1.20. The number of benzene rings is 1. The van der Waals surface area contributed by atoms with Crippen LogP contribution in [-0.4, -0.2) is 36.3 Å². The van der Waals surface area contributed by atoms with Crippen molar-refractivity contribution in [3.05, 3.63) is 67.0 Å². The van der Waals surface area contributed by atoms with Crippen LogP contribution in [0.5, 0.6) is 0 Å². The number of amides is 1. The van der Waals surface area contributed by atoms with Crippen LogP contribution in [0.15, 0.2) is 66.5 Å². The molecule has 0 radical (unpaired) electrons. The molecule has 1 aliphatic heterocycles. The molecule has 7 heteroatoms. The third-order valence-corrected chi connectivity index (χ3v) is 4.87. The Balaban J connectivity index is 2.10. The van der Waals surface area contributed by atoms with Crippen LogP contribution in [0.3, 0.4) is 0 Å². The lowest BCUT2D eigenvalue weighted by Crippen LogP contribution is -2.44. The molecule has 0 bridgehead atoms. The zero-order chi connectivity index (χ0) is 22.1. The highest BCUT2D eigenvalue weighted by Gasteiger charge is 2.25. The number of allylic oxidation sites excluding steroid dienone is 1. The van der Waals surface area contributed by atoms with Crippen LogP contribution in [0.2, 0.25) is 0 Å². The Hall–Kier alpha value is -2.96. The second-order valence-electron chi connectivity index (χ2n) is 7.41. The van der Waals surface area contributed by atoms with Crippen molar-refractivity contribution in [1.29, 1.82) is 0 Å². The topological polar surface area (TPSA) is 56.7 Å². The summed E-state index contributed by atoms with van der Waals surface area (Å²) < 4.78 is 26.9. The number of aliphatic imine (C=N–C) groups is 1. The van der Waals surface area contributed by atoms with Crippen LogP contribution in [0, 0.1) is 5.92 Å². The van der Waals surface area contributed by atoms with Gasteiger partial charge < -0.3 is 15.5 Å². The zero-order valence-electron chi connectivity index (χ0n) is 17.6. The van der Waals surface area contributed by atoms with E-state index in [9.17, 15) is 13.6 Å². The summed E-state index contributed by atoms with van der Waals surface area (Å²) in [5.74, 6) is -2.07. The molecule has 1 heterocycles. The van der Waals surface area contributed by atoms with Crippen molar-refractivity contribution >= 4 is 17.4 Å². The summed E-state index contributed by atoms with van der Waals surface area (Å²) in [5, 5.41) is 6.03. The quantitative estimate of drug-likeness (QED) is 0.368. The Morgan fingerprint density at radius 3 is 2.67 bits per heavy atom. The fourth-order valence-corrected chi connectivity index (χ4v) is 3.31. The molecule has 1 atom stereocenters. The Morgan fingerprint density at radius 1 is 1.37 bits per heavy atom. The molecule has 2 rings (SSSR count). The first kappa shape index (κ1) is 23.3. The Morgan fingerprint density at radius 2 is 2.07 bits per heavy atom. The second-order valence-corrected chi connectivity index (χ2v) is 7.41. The number of likely N-dealkylation sites (tertiary alicyclic amines) is 1. The normalized spacial score (nSPS) is 17.7. The lowest BCUT2D eigenvalue weighted by Gasteiger charge is -2.35. The highest BCUT2D eigenvalue weighted by Crippen LogP contribution is 2.28. The van der Waals surface area contributed by atoms with Gasteiger partial charge in [-0.2, -0.15) is 0 Å². The Kier molecular flexibility index (Phi) is 8.33. The molecule has 1 aromatic rings. The van der Waals surface area contributed by atoms with Gasteiger partial charge in [-0.3, -0.25) is 4.79 Å². The smallest absolute Gasteiger partial charge is 0.270 e. The lowest BCUT2D eigenvalue weighted by atomic mass is 9.97. The molecule has 0 spiro atoms. The van der Waals surface area contributed by atoms with E-state index in [1.165, 1.54) is 18.2 Å². The maximum absolute atomic E-state index is 13.4. The predicted octanol–water partition coefficient (Wildman–Crippen LogP) is 4.67. The molecule has 1 aromatic carbocycles. The maximum atomic E-state index is 13.4. The van der Waals surface area contributed by atoms with Crippen molar-refractivity contribution in [3.8, 4) is 0 Å². The van der Waals surface area contributed by atoms with Crippen LogP contribution < -0.4 is 10.6 Å². The highest BCUT2D eigenvalue weighted by atomic mass is 19.3. The summed E-state index contributed by atoms with van der Waals surface area (Å²) >= 11 is 0. The van der Waals surface area contributed by atoms with Crippen LogP contribution >= 0.6 is 0 Å². The third-order valence-electron chi connectivity index (χ3n) is 4.87. The van der Waals surface area contributed by atoms with Gasteiger partial charge in [-0.25, -0.2) is 13.8 Å². The standard InChI is InChI=1S/C23H30F2N4O/c1-5-13-26-22(29-14-7-8-18(16-29)15-27-21(30)6-2)17(3)28-20-11-9-19(10-12-20)23(4,24)25/h5-6,9-13,18,28H,2-3,7-8,14-16H2,1,4H3,(H,27,30)/b13-5-,26-22?. The molecule has 1 amide bonds. The third kappa shape index (κ3) is 6.83. The van der Waals surface area contributed by atoms with E-state index in [4.69, 9.17) is 0 Å². The number of rotatable bonds is 8. The Bertz CT molecular complexity index is 809. The number of alkyl halides is 2. The molecule has 1 unspecified atom stereocenters. The van der Waals surface area contributed by atoms with E-state index in [0.29, 0.717) is 23.8 Å². The molecule has 0 saturated carbocycles. The molecular formula is C23H30F2N4O. The maximum Gasteiger partial charge on any atom is 0.270 e. The number of piperidine rings is 1. The highest BCUT2D eigenvalue weighted by molar-refractivity contribution is 6.00. The average molecular weight is 417 g/mol.